The van der Waals surface area contributed by atoms with Crippen molar-refractivity contribution in [1.29, 1.82) is 0 Å². The molecule has 7 heteroatoms. The van der Waals surface area contributed by atoms with Crippen LogP contribution >= 0.6 is 23.5 Å². The molecule has 0 unspecified atom stereocenters. The molecule has 0 saturated heterocycles. The molecule has 0 spiro atoms. The number of carbonyl (C=O) groups excluding carboxylic acids is 1. The normalized spacial score (nSPS) is 13.2. The van der Waals surface area contributed by atoms with Crippen LogP contribution in [0.4, 0.5) is 0 Å². The molecular formula is C26H25N3O2S2. The van der Waals surface area contributed by atoms with Crippen molar-refractivity contribution >= 4 is 40.3 Å². The summed E-state index contributed by atoms with van der Waals surface area (Å²) >= 11 is 2.93. The third-order valence-electron chi connectivity index (χ3n) is 5.94. The number of carbonyl (C=O) groups is 1. The minimum atomic E-state index is -0.191. The first-order chi connectivity index (χ1) is 16.1. The Hall–Kier alpha value is -2.77. The summed E-state index contributed by atoms with van der Waals surface area (Å²) in [5.74, 6) is 0.855. The van der Waals surface area contributed by atoms with Gasteiger partial charge in [-0.2, -0.15) is 0 Å². The van der Waals surface area contributed by atoms with E-state index >= 15 is 0 Å². The molecule has 2 aromatic heterocycles. The van der Waals surface area contributed by atoms with E-state index in [4.69, 9.17) is 0 Å². The van der Waals surface area contributed by atoms with Gasteiger partial charge in [-0.1, -0.05) is 47.7 Å². The second-order valence-electron chi connectivity index (χ2n) is 8.31. The van der Waals surface area contributed by atoms with Crippen LogP contribution < -0.4 is 5.56 Å². The average molecular weight is 476 g/mol. The number of nitrogens with one attached hydrogen (secondary N) is 1. The number of benzene rings is 2. The third-order valence-corrected chi connectivity index (χ3v) is 7.84. The number of thioether (sulfide) groups is 2. The number of aryl methyl sites for hydroxylation is 2. The molecule has 5 nitrogen and oxygen atoms in total. The Kier molecular flexibility index (Phi) is 6.42. The molecule has 2 heterocycles. The van der Waals surface area contributed by atoms with E-state index in [1.807, 2.05) is 22.8 Å². The first-order valence-corrected chi connectivity index (χ1v) is 13.1. The van der Waals surface area contributed by atoms with E-state index in [1.54, 1.807) is 11.8 Å². The van der Waals surface area contributed by atoms with Gasteiger partial charge in [0.25, 0.3) is 5.56 Å². The Morgan fingerprint density at radius 3 is 2.70 bits per heavy atom. The van der Waals surface area contributed by atoms with Gasteiger partial charge in [0.05, 0.1) is 17.0 Å². The summed E-state index contributed by atoms with van der Waals surface area (Å²) in [5, 5.41) is 1.67. The fraction of sp³-hybridized carbons (Fsp3) is 0.269. The van der Waals surface area contributed by atoms with Gasteiger partial charge in [-0.05, 0) is 56.4 Å². The van der Waals surface area contributed by atoms with Gasteiger partial charge in [0.1, 0.15) is 0 Å². The van der Waals surface area contributed by atoms with E-state index in [-0.39, 0.29) is 17.2 Å². The molecular weight excluding hydrogens is 450 g/mol. The topological polar surface area (TPSA) is 67.8 Å². The van der Waals surface area contributed by atoms with Crippen molar-refractivity contribution in [2.24, 2.45) is 0 Å². The Morgan fingerprint density at radius 1 is 1.06 bits per heavy atom. The standard InChI is InChI=1S/C26H25N3O2S2/c1-17-10-12-19(13-11-17)32-15-18-14-24(30)28-26(27-18)33-16-25(31)29-22-8-4-2-6-20(22)21-7-3-5-9-23(21)29/h2,4,6,8,10-14H,3,5,7,9,15-16H2,1H3,(H,27,28,30). The molecule has 5 rings (SSSR count). The second kappa shape index (κ2) is 9.61. The maximum atomic E-state index is 13.3. The van der Waals surface area contributed by atoms with Crippen LogP contribution in [0.1, 0.15) is 40.2 Å². The predicted molar refractivity (Wildman–Crippen MR) is 136 cm³/mol. The quantitative estimate of drug-likeness (QED) is 0.289. The van der Waals surface area contributed by atoms with Crippen molar-refractivity contribution < 1.29 is 4.79 Å². The summed E-state index contributed by atoms with van der Waals surface area (Å²) in [6, 6.07) is 18.0. The molecule has 0 saturated carbocycles. The summed E-state index contributed by atoms with van der Waals surface area (Å²) in [4.78, 5) is 34.0. The summed E-state index contributed by atoms with van der Waals surface area (Å²) < 4.78 is 1.89. The van der Waals surface area contributed by atoms with E-state index < -0.39 is 0 Å². The van der Waals surface area contributed by atoms with Crippen LogP contribution in [-0.4, -0.2) is 26.2 Å². The van der Waals surface area contributed by atoms with Crippen molar-refractivity contribution in [2.75, 3.05) is 5.75 Å². The number of hydrogen-bond donors (Lipinski definition) is 1. The molecule has 1 N–H and O–H groups in total. The highest BCUT2D eigenvalue weighted by atomic mass is 32.2. The van der Waals surface area contributed by atoms with Crippen LogP contribution in [0.25, 0.3) is 10.9 Å². The van der Waals surface area contributed by atoms with E-state index in [1.165, 1.54) is 40.8 Å². The lowest BCUT2D eigenvalue weighted by molar-refractivity contribution is 0.0943. The fourth-order valence-corrected chi connectivity index (χ4v) is 5.93. The van der Waals surface area contributed by atoms with E-state index in [0.29, 0.717) is 16.6 Å². The number of para-hydroxylation sites is 1. The molecule has 33 heavy (non-hydrogen) atoms. The van der Waals surface area contributed by atoms with Crippen molar-refractivity contribution in [1.82, 2.24) is 14.5 Å². The van der Waals surface area contributed by atoms with Gasteiger partial charge in [0, 0.05) is 27.8 Å². The van der Waals surface area contributed by atoms with Crippen molar-refractivity contribution in [3.05, 3.63) is 87.5 Å². The van der Waals surface area contributed by atoms with Crippen LogP contribution in [0.15, 0.2) is 69.4 Å². The first kappa shape index (κ1) is 22.0. The summed E-state index contributed by atoms with van der Waals surface area (Å²) in [7, 11) is 0. The highest BCUT2D eigenvalue weighted by molar-refractivity contribution is 7.99. The lowest BCUT2D eigenvalue weighted by Crippen LogP contribution is -2.18. The SMILES string of the molecule is Cc1ccc(SCc2cc(=O)[nH]c(SCC(=O)n3c4c(c5ccccc53)CCCC4)n2)cc1. The maximum Gasteiger partial charge on any atom is 0.251 e. The minimum absolute atomic E-state index is 0.0291. The highest BCUT2D eigenvalue weighted by Crippen LogP contribution is 2.32. The van der Waals surface area contributed by atoms with Gasteiger partial charge in [0.15, 0.2) is 5.16 Å². The lowest BCUT2D eigenvalue weighted by Gasteiger charge is -2.15. The van der Waals surface area contributed by atoms with E-state index in [2.05, 4.69) is 47.2 Å². The number of hydrogen-bond acceptors (Lipinski definition) is 5. The molecule has 1 aliphatic carbocycles. The molecule has 0 amide bonds. The fourth-order valence-electron chi connectivity index (χ4n) is 4.39. The number of aromatic nitrogens is 3. The van der Waals surface area contributed by atoms with Gasteiger partial charge in [-0.3, -0.25) is 14.2 Å². The average Bonchev–Trinajstić information content (AvgIpc) is 3.16. The molecule has 0 fully saturated rings. The van der Waals surface area contributed by atoms with Gasteiger partial charge in [-0.25, -0.2) is 4.98 Å². The maximum absolute atomic E-state index is 13.3. The summed E-state index contributed by atoms with van der Waals surface area (Å²) in [6.45, 7) is 2.06. The third kappa shape index (κ3) is 4.80. The molecule has 0 atom stereocenters. The molecule has 1 aliphatic rings. The van der Waals surface area contributed by atoms with Crippen LogP contribution in [-0.2, 0) is 18.6 Å². The Bertz CT molecular complexity index is 1370. The van der Waals surface area contributed by atoms with Gasteiger partial charge < -0.3 is 4.98 Å². The Morgan fingerprint density at radius 2 is 1.85 bits per heavy atom. The molecule has 4 aromatic rings. The summed E-state index contributed by atoms with van der Waals surface area (Å²) in [5.41, 5.74) is 5.19. The predicted octanol–water partition coefficient (Wildman–Crippen LogP) is 5.64. The van der Waals surface area contributed by atoms with Crippen LogP contribution in [0.2, 0.25) is 0 Å². The van der Waals surface area contributed by atoms with E-state index in [9.17, 15) is 9.59 Å². The van der Waals surface area contributed by atoms with Gasteiger partial charge >= 0.3 is 0 Å². The van der Waals surface area contributed by atoms with Crippen LogP contribution in [0.5, 0.6) is 0 Å². The number of H-pyrrole nitrogens is 1. The Labute approximate surface area is 201 Å². The monoisotopic (exact) mass is 475 g/mol. The zero-order valence-electron chi connectivity index (χ0n) is 18.5. The zero-order valence-corrected chi connectivity index (χ0v) is 20.1. The summed E-state index contributed by atoms with van der Waals surface area (Å²) in [6.07, 6.45) is 4.24. The largest absolute Gasteiger partial charge is 0.301 e. The second-order valence-corrected chi connectivity index (χ2v) is 10.3. The smallest absolute Gasteiger partial charge is 0.251 e. The highest BCUT2D eigenvalue weighted by Gasteiger charge is 2.23. The molecule has 2 aromatic carbocycles. The van der Waals surface area contributed by atoms with Crippen LogP contribution in [0, 0.1) is 6.92 Å². The van der Waals surface area contributed by atoms with Crippen molar-refractivity contribution in [2.45, 2.75) is 48.4 Å². The molecule has 0 bridgehead atoms. The molecule has 0 radical (unpaired) electrons. The molecule has 0 aliphatic heterocycles. The van der Waals surface area contributed by atoms with Crippen molar-refractivity contribution in [3.8, 4) is 0 Å². The number of aromatic amines is 1. The van der Waals surface area contributed by atoms with E-state index in [0.717, 1.165) is 35.4 Å². The molecule has 168 valence electrons. The number of rotatable bonds is 6. The first-order valence-electron chi connectivity index (χ1n) is 11.2. The van der Waals surface area contributed by atoms with Crippen molar-refractivity contribution in [3.63, 3.8) is 0 Å². The number of fused-ring (bicyclic) bond motifs is 3. The Balaban J connectivity index is 1.32. The number of nitrogens with zero attached hydrogens (tertiary/aromatic N) is 2. The van der Waals surface area contributed by atoms with Gasteiger partial charge in [0.2, 0.25) is 5.91 Å². The van der Waals surface area contributed by atoms with Gasteiger partial charge in [-0.15, -0.1) is 11.8 Å². The minimum Gasteiger partial charge on any atom is -0.301 e. The zero-order chi connectivity index (χ0) is 22.8. The van der Waals surface area contributed by atoms with Crippen LogP contribution in [0.3, 0.4) is 0 Å². The lowest BCUT2D eigenvalue weighted by atomic mass is 9.96.